The van der Waals surface area contributed by atoms with E-state index in [1.165, 1.54) is 233 Å². The molecule has 5 aromatic rings. The van der Waals surface area contributed by atoms with Crippen LogP contribution in [-0.2, 0) is 19.3 Å². The van der Waals surface area contributed by atoms with Crippen LogP contribution in [0.2, 0.25) is 0 Å². The molecule has 9 aliphatic carbocycles. The van der Waals surface area contributed by atoms with Crippen molar-refractivity contribution in [2.45, 2.75) is 408 Å². The van der Waals surface area contributed by atoms with Gasteiger partial charge >= 0.3 is 0 Å². The summed E-state index contributed by atoms with van der Waals surface area (Å²) in [7, 11) is 0. The van der Waals surface area contributed by atoms with Crippen LogP contribution in [-0.4, -0.2) is 0 Å². The van der Waals surface area contributed by atoms with E-state index in [1.54, 1.807) is 89.0 Å². The van der Waals surface area contributed by atoms with Crippen LogP contribution in [0.1, 0.15) is 409 Å². The van der Waals surface area contributed by atoms with Crippen LogP contribution in [0.3, 0.4) is 0 Å². The first-order chi connectivity index (χ1) is 51.3. The van der Waals surface area contributed by atoms with Gasteiger partial charge in [0.2, 0.25) is 0 Å². The Morgan fingerprint density at radius 1 is 0.276 bits per heavy atom. The maximum absolute atomic E-state index is 2.41. The fourth-order valence-corrected chi connectivity index (χ4v) is 22.5. The molecule has 5 aromatic carbocycles. The fraction of sp³-hybridized carbons (Fsp3) is 0.752. The Morgan fingerprint density at radius 3 is 1.00 bits per heavy atom. The van der Waals surface area contributed by atoms with Gasteiger partial charge in [0.25, 0.3) is 0 Å². The largest absolute Gasteiger partial charge is 0.0683 e. The van der Waals surface area contributed by atoms with E-state index in [2.05, 4.69) is 182 Å². The van der Waals surface area contributed by atoms with E-state index in [-0.39, 0.29) is 1.43 Å². The second kappa shape index (κ2) is 49.8. The van der Waals surface area contributed by atoms with E-state index in [4.69, 9.17) is 0 Å². The average Bonchev–Trinajstić information content (AvgIpc) is 1.59. The molecule has 0 amide bonds. The van der Waals surface area contributed by atoms with Crippen molar-refractivity contribution in [2.75, 3.05) is 0 Å². The lowest BCUT2D eigenvalue weighted by Crippen LogP contribution is -2.25. The van der Waals surface area contributed by atoms with E-state index in [0.717, 1.165) is 114 Å². The molecule has 0 saturated heterocycles. The molecule has 596 valence electrons. The van der Waals surface area contributed by atoms with Crippen molar-refractivity contribution < 1.29 is 1.43 Å². The zero-order chi connectivity index (χ0) is 76.2. The number of fused-ring (bicyclic) bond motifs is 7. The van der Waals surface area contributed by atoms with Gasteiger partial charge in [-0.2, -0.15) is 0 Å². The van der Waals surface area contributed by atoms with Gasteiger partial charge in [0, 0.05) is 1.43 Å². The Balaban J connectivity index is 0.000000228. The molecule has 0 spiro atoms. The lowest BCUT2D eigenvalue weighted by Gasteiger charge is -2.37. The van der Waals surface area contributed by atoms with Gasteiger partial charge in [-0.3, -0.25) is 0 Å². The van der Waals surface area contributed by atoms with E-state index >= 15 is 0 Å². The predicted octanol–water partition coefficient (Wildman–Crippen LogP) is 34.6. The third-order valence-corrected chi connectivity index (χ3v) is 30.4. The van der Waals surface area contributed by atoms with Crippen LogP contribution in [0.4, 0.5) is 0 Å². The smallest absolute Gasteiger partial charge is 0 e. The highest BCUT2D eigenvalue weighted by atomic mass is 14.6. The summed E-state index contributed by atoms with van der Waals surface area (Å²) in [5.41, 5.74) is 11.5. The minimum Gasteiger partial charge on any atom is -0.0683 e. The van der Waals surface area contributed by atoms with Crippen molar-refractivity contribution in [3.8, 4) is 11.1 Å². The number of benzene rings is 5. The highest BCUT2D eigenvalue weighted by Gasteiger charge is 2.54. The number of hydrogen-bond donors (Lipinski definition) is 0. The van der Waals surface area contributed by atoms with Gasteiger partial charge in [0.15, 0.2) is 0 Å². The molecule has 0 aromatic heterocycles. The molecule has 105 heavy (non-hydrogen) atoms. The third-order valence-electron chi connectivity index (χ3n) is 30.4. The Labute approximate surface area is 656 Å². The number of aryl methyl sites for hydroxylation is 3. The van der Waals surface area contributed by atoms with Crippen molar-refractivity contribution in [3.63, 3.8) is 0 Å². The maximum Gasteiger partial charge on any atom is 0 e. The maximum atomic E-state index is 2.41. The molecule has 9 aliphatic rings. The van der Waals surface area contributed by atoms with Crippen molar-refractivity contribution in [2.24, 2.45) is 101 Å². The quantitative estimate of drug-likeness (QED) is 0.0814. The van der Waals surface area contributed by atoms with Crippen molar-refractivity contribution in [1.82, 2.24) is 0 Å². The van der Waals surface area contributed by atoms with Gasteiger partial charge in [0.05, 0.1) is 0 Å². The molecule has 2 bridgehead atoms. The number of hydrogen-bond acceptors (Lipinski definition) is 0. The zero-order valence-corrected chi connectivity index (χ0v) is 73.5. The zero-order valence-electron chi connectivity index (χ0n) is 73.5. The Kier molecular flexibility index (Phi) is 42.9. The normalized spacial score (nSPS) is 30.1. The van der Waals surface area contributed by atoms with Crippen LogP contribution in [0.15, 0.2) is 84.9 Å². The van der Waals surface area contributed by atoms with Crippen LogP contribution >= 0.6 is 0 Å². The summed E-state index contributed by atoms with van der Waals surface area (Å²) in [6.07, 6.45) is 60.4. The summed E-state index contributed by atoms with van der Waals surface area (Å²) in [6, 6.07) is 32.2. The van der Waals surface area contributed by atoms with Crippen molar-refractivity contribution in [3.05, 3.63) is 118 Å². The molecule has 0 N–H and O–H groups in total. The summed E-state index contributed by atoms with van der Waals surface area (Å²) in [4.78, 5) is 0. The lowest BCUT2D eigenvalue weighted by molar-refractivity contribution is 0.144. The van der Waals surface area contributed by atoms with E-state index < -0.39 is 0 Å². The topological polar surface area (TPSA) is 0 Å². The SMILES string of the molecule is CC.CC.CC.CCC1CC2C3CC(CC)C(C3)C2C1.CCC1CCC(C2CCC(CC)CC2)CC1.CCC1CCC(CC)CC1.CCC1CCC(CC2CCC(CC)CC2)CC1.CCc1ccc(-c2ccc(C3CCC(CC)CC3)cc2)c(C)c1C.CCc1ccc2cc3cc(CC)ccc3cc2c1.[HH]. The first kappa shape index (κ1) is 90.5. The first-order valence-electron chi connectivity index (χ1n) is 47.4. The molecular weight excluding hydrogens is 1260 g/mol. The van der Waals surface area contributed by atoms with Crippen molar-refractivity contribution in [1.29, 1.82) is 0 Å². The van der Waals surface area contributed by atoms with Crippen molar-refractivity contribution >= 4 is 21.5 Å². The van der Waals surface area contributed by atoms with Crippen LogP contribution in [0, 0.1) is 114 Å². The van der Waals surface area contributed by atoms with E-state index in [9.17, 15) is 0 Å². The Bertz CT molecular complexity index is 2900. The summed E-state index contributed by atoms with van der Waals surface area (Å²) >= 11 is 0. The molecule has 0 nitrogen and oxygen atoms in total. The molecule has 6 unspecified atom stereocenters. The fourth-order valence-electron chi connectivity index (χ4n) is 22.5. The Hall–Kier alpha value is -3.38. The van der Waals surface area contributed by atoms with Crippen LogP contribution in [0.25, 0.3) is 32.7 Å². The molecule has 0 heteroatoms. The second-order valence-corrected chi connectivity index (χ2v) is 35.6. The van der Waals surface area contributed by atoms with Gasteiger partial charge in [0.1, 0.15) is 0 Å². The highest BCUT2D eigenvalue weighted by Crippen LogP contribution is 2.63. The van der Waals surface area contributed by atoms with Gasteiger partial charge in [-0.1, -0.05) is 358 Å². The summed E-state index contributed by atoms with van der Waals surface area (Å²) in [5.74, 6) is 19.5. The molecule has 9 fully saturated rings. The van der Waals surface area contributed by atoms with Gasteiger partial charge in [-0.25, -0.2) is 0 Å². The van der Waals surface area contributed by atoms with Gasteiger partial charge in [-0.05, 0) is 301 Å². The molecule has 0 radical (unpaired) electrons. The monoisotopic (exact) mass is 1440 g/mol. The average molecular weight is 1440 g/mol. The summed E-state index contributed by atoms with van der Waals surface area (Å²) in [5, 5.41) is 5.39. The minimum absolute atomic E-state index is 0. The highest BCUT2D eigenvalue weighted by molar-refractivity contribution is 5.98. The molecule has 9 saturated carbocycles. The van der Waals surface area contributed by atoms with Gasteiger partial charge < -0.3 is 0 Å². The molecule has 0 aliphatic heterocycles. The van der Waals surface area contributed by atoms with Crippen LogP contribution < -0.4 is 0 Å². The van der Waals surface area contributed by atoms with E-state index in [1.807, 2.05) is 41.5 Å². The molecule has 14 rings (SSSR count). The van der Waals surface area contributed by atoms with E-state index in [0.29, 0.717) is 0 Å². The first-order valence-corrected chi connectivity index (χ1v) is 47.4. The molecule has 0 heterocycles. The molecular formula is C105H176. The molecule has 6 atom stereocenters. The summed E-state index contributed by atoms with van der Waals surface area (Å²) in [6.45, 7) is 44.5. The van der Waals surface area contributed by atoms with Crippen LogP contribution in [0.5, 0.6) is 0 Å². The lowest BCUT2D eigenvalue weighted by atomic mass is 9.68. The standard InChI is InChI=1S/C24H32.C18H18.C17H32.C16H30.C14H24.C10H20.3C2H6.H2/c1-5-19-7-9-21(10-8-19)22-11-13-23(14-12-22)24-16-15-20(6-2)17(3)18(24)4;1-3-13-5-7-15-12-18-10-14(4-2)6-8-16(18)11-17(15)9-13;1-3-14-5-9-16(10-6-14)13-17-11-7-15(4-2)8-12-17;1-3-13-5-9-15(10-6-13)16-11-7-14(4-2)8-12-16;1-3-9-5-12-11-7-10(4-2)13(8-11)14(12)6-9;1-3-9-5-7-10(4-2)8-6-9;3*1-2;/h11-16,19,21H,5-10H2,1-4H3;5-12H,3-4H2,1-2H3;14-17H,3-13H2,1-2H3;13-16H,3-12H2,1-2H3;9-14H,3-8H2,1-2H3;9-10H,3-8H2,1-2H3;3*1-2H3;1H. The van der Waals surface area contributed by atoms with Gasteiger partial charge in [-0.15, -0.1) is 0 Å². The Morgan fingerprint density at radius 2 is 0.638 bits per heavy atom. The minimum atomic E-state index is 0. The third kappa shape index (κ3) is 27.2. The number of rotatable bonds is 17. The second-order valence-electron chi connectivity index (χ2n) is 35.6. The predicted molar refractivity (Wildman–Crippen MR) is 476 cm³/mol. The summed E-state index contributed by atoms with van der Waals surface area (Å²) < 4.78 is 0.